The minimum Gasteiger partial charge on any atom is -0.497 e. The van der Waals surface area contributed by atoms with Crippen LogP contribution in [0.3, 0.4) is 0 Å². The second-order valence-corrected chi connectivity index (χ2v) is 8.05. The van der Waals surface area contributed by atoms with Crippen molar-refractivity contribution in [2.75, 3.05) is 20.2 Å². The topological polar surface area (TPSA) is 37.7 Å². The number of aryl methyl sites for hydroxylation is 1. The lowest BCUT2D eigenvalue weighted by atomic mass is 9.90. The number of hydrogen-bond donors (Lipinski definition) is 0. The van der Waals surface area contributed by atoms with Crippen LogP contribution in [0.1, 0.15) is 48.1 Å². The van der Waals surface area contributed by atoms with Crippen LogP contribution in [-0.2, 0) is 6.42 Å². The fourth-order valence-corrected chi connectivity index (χ4v) is 4.43. The highest BCUT2D eigenvalue weighted by Crippen LogP contribution is 2.34. The van der Waals surface area contributed by atoms with Gasteiger partial charge in [0.05, 0.1) is 19.2 Å². The minimum atomic E-state index is 0.257. The lowest BCUT2D eigenvalue weighted by Crippen LogP contribution is -2.39. The molecule has 4 rings (SSSR count). The molecule has 1 atom stereocenters. The van der Waals surface area contributed by atoms with Gasteiger partial charge in [-0.15, -0.1) is 0 Å². The van der Waals surface area contributed by atoms with Crippen molar-refractivity contribution in [3.05, 3.63) is 95.3 Å². The average Bonchev–Trinajstić information content (AvgIpc) is 2.85. The normalized spacial score (nSPS) is 16.5. The molecule has 1 aliphatic heterocycles. The summed E-state index contributed by atoms with van der Waals surface area (Å²) < 4.78 is 5.39. The maximum atomic E-state index is 5.39. The third-order valence-corrected chi connectivity index (χ3v) is 6.17. The molecule has 2 aromatic carbocycles. The zero-order valence-electron chi connectivity index (χ0n) is 18.4. The van der Waals surface area contributed by atoms with Crippen LogP contribution in [0.2, 0.25) is 0 Å². The van der Waals surface area contributed by atoms with Crippen molar-refractivity contribution < 1.29 is 4.74 Å². The van der Waals surface area contributed by atoms with Gasteiger partial charge in [0, 0.05) is 31.7 Å². The first-order chi connectivity index (χ1) is 15.3. The van der Waals surface area contributed by atoms with Gasteiger partial charge < -0.3 is 4.74 Å². The quantitative estimate of drug-likeness (QED) is 0.492. The van der Waals surface area contributed by atoms with Crippen molar-refractivity contribution in [2.24, 2.45) is 4.99 Å². The van der Waals surface area contributed by atoms with E-state index >= 15 is 0 Å². The van der Waals surface area contributed by atoms with E-state index < -0.39 is 0 Å². The van der Waals surface area contributed by atoms with Crippen LogP contribution in [0.4, 0.5) is 0 Å². The first-order valence-electron chi connectivity index (χ1n) is 11.2. The zero-order chi connectivity index (χ0) is 21.5. The van der Waals surface area contributed by atoms with E-state index in [1.165, 1.54) is 16.7 Å². The predicted molar refractivity (Wildman–Crippen MR) is 127 cm³/mol. The lowest BCUT2D eigenvalue weighted by molar-refractivity contribution is 0.175. The van der Waals surface area contributed by atoms with Crippen molar-refractivity contribution >= 4 is 6.21 Å². The standard InChI is InChI=1S/C27H31N3O/c1-3-22-6-4-5-7-26(22)27(23-8-10-25(31-2)11-9-23)30-18-14-24(15-19-30)29-20-21-12-16-28-17-13-21/h4-13,16-17,20,24,27H,3,14-15,18-19H2,1-2H3/b29-20+. The molecule has 0 saturated carbocycles. The molecule has 0 bridgehead atoms. The molecule has 1 saturated heterocycles. The molecule has 1 aliphatic rings. The molecule has 160 valence electrons. The van der Waals surface area contributed by atoms with Crippen molar-refractivity contribution in [1.82, 2.24) is 9.88 Å². The summed E-state index contributed by atoms with van der Waals surface area (Å²) in [6, 6.07) is 22.1. The third-order valence-electron chi connectivity index (χ3n) is 6.17. The van der Waals surface area contributed by atoms with Gasteiger partial charge in [-0.05, 0) is 65.8 Å². The summed E-state index contributed by atoms with van der Waals surface area (Å²) in [5.41, 5.74) is 5.26. The fraction of sp³-hybridized carbons (Fsp3) is 0.333. The van der Waals surface area contributed by atoms with Crippen molar-refractivity contribution in [2.45, 2.75) is 38.3 Å². The molecule has 4 nitrogen and oxygen atoms in total. The highest BCUT2D eigenvalue weighted by molar-refractivity contribution is 5.79. The summed E-state index contributed by atoms with van der Waals surface area (Å²) in [6.07, 6.45) is 8.80. The van der Waals surface area contributed by atoms with Gasteiger partial charge in [-0.25, -0.2) is 0 Å². The number of benzene rings is 2. The molecule has 0 aliphatic carbocycles. The van der Waals surface area contributed by atoms with E-state index in [0.29, 0.717) is 6.04 Å². The molecule has 0 amide bonds. The molecule has 0 N–H and O–H groups in total. The van der Waals surface area contributed by atoms with Gasteiger partial charge in [-0.2, -0.15) is 0 Å². The van der Waals surface area contributed by atoms with E-state index in [0.717, 1.165) is 43.7 Å². The Morgan fingerprint density at radius 2 is 1.74 bits per heavy atom. The van der Waals surface area contributed by atoms with Gasteiger partial charge in [-0.3, -0.25) is 14.9 Å². The zero-order valence-corrected chi connectivity index (χ0v) is 18.4. The molecule has 2 heterocycles. The first-order valence-corrected chi connectivity index (χ1v) is 11.2. The molecular weight excluding hydrogens is 382 g/mol. The van der Waals surface area contributed by atoms with Crippen LogP contribution in [0.15, 0.2) is 78.0 Å². The number of ether oxygens (including phenoxy) is 1. The van der Waals surface area contributed by atoms with Crippen molar-refractivity contribution in [1.29, 1.82) is 0 Å². The number of aliphatic imine (C=N–C) groups is 1. The predicted octanol–water partition coefficient (Wildman–Crippen LogP) is 5.33. The van der Waals surface area contributed by atoms with Crippen LogP contribution in [-0.4, -0.2) is 42.3 Å². The summed E-state index contributed by atoms with van der Waals surface area (Å²) in [4.78, 5) is 11.5. The summed E-state index contributed by atoms with van der Waals surface area (Å²) >= 11 is 0. The van der Waals surface area contributed by atoms with Crippen LogP contribution in [0.5, 0.6) is 5.75 Å². The van der Waals surface area contributed by atoms with Gasteiger partial charge in [-0.1, -0.05) is 43.3 Å². The number of pyridine rings is 1. The number of hydrogen-bond acceptors (Lipinski definition) is 4. The van der Waals surface area contributed by atoms with Crippen LogP contribution < -0.4 is 4.74 Å². The van der Waals surface area contributed by atoms with Crippen LogP contribution in [0.25, 0.3) is 0 Å². The molecule has 0 spiro atoms. The molecular formula is C27H31N3O. The number of methoxy groups -OCH3 is 1. The minimum absolute atomic E-state index is 0.257. The second kappa shape index (κ2) is 10.4. The smallest absolute Gasteiger partial charge is 0.118 e. The number of rotatable bonds is 7. The number of likely N-dealkylation sites (tertiary alicyclic amines) is 1. The Morgan fingerprint density at radius 3 is 2.42 bits per heavy atom. The van der Waals surface area contributed by atoms with E-state index in [4.69, 9.17) is 9.73 Å². The summed E-state index contributed by atoms with van der Waals surface area (Å²) in [6.45, 7) is 4.31. The lowest BCUT2D eigenvalue weighted by Gasteiger charge is -2.38. The first kappa shape index (κ1) is 21.3. The SMILES string of the molecule is CCc1ccccc1C(c1ccc(OC)cc1)N1CCC(/N=C/c2ccncc2)CC1. The molecule has 1 aromatic heterocycles. The second-order valence-electron chi connectivity index (χ2n) is 8.05. The Hall–Kier alpha value is -2.98. The van der Waals surface area contributed by atoms with E-state index in [1.54, 1.807) is 7.11 Å². The highest BCUT2D eigenvalue weighted by atomic mass is 16.5. The summed E-state index contributed by atoms with van der Waals surface area (Å²) in [7, 11) is 1.72. The summed E-state index contributed by atoms with van der Waals surface area (Å²) in [5.74, 6) is 0.899. The Labute approximate surface area is 185 Å². The average molecular weight is 414 g/mol. The van der Waals surface area contributed by atoms with Gasteiger partial charge in [0.25, 0.3) is 0 Å². The van der Waals surface area contributed by atoms with E-state index in [1.807, 2.05) is 30.7 Å². The van der Waals surface area contributed by atoms with Gasteiger partial charge in [0.15, 0.2) is 0 Å². The monoisotopic (exact) mass is 413 g/mol. The van der Waals surface area contributed by atoms with Crippen LogP contribution >= 0.6 is 0 Å². The van der Waals surface area contributed by atoms with Crippen LogP contribution in [0, 0.1) is 0 Å². The maximum Gasteiger partial charge on any atom is 0.118 e. The number of nitrogens with zero attached hydrogens (tertiary/aromatic N) is 3. The Kier molecular flexibility index (Phi) is 7.11. The largest absolute Gasteiger partial charge is 0.497 e. The molecule has 3 aromatic rings. The third kappa shape index (κ3) is 5.20. The highest BCUT2D eigenvalue weighted by Gasteiger charge is 2.28. The fourth-order valence-electron chi connectivity index (χ4n) is 4.43. The van der Waals surface area contributed by atoms with E-state index in [-0.39, 0.29) is 6.04 Å². The number of piperidine rings is 1. The molecule has 1 fully saturated rings. The molecule has 0 radical (unpaired) electrons. The number of aromatic nitrogens is 1. The Balaban J connectivity index is 1.54. The van der Waals surface area contributed by atoms with Gasteiger partial charge in [0.1, 0.15) is 5.75 Å². The van der Waals surface area contributed by atoms with Gasteiger partial charge in [0.2, 0.25) is 0 Å². The molecule has 1 unspecified atom stereocenters. The Morgan fingerprint density at radius 1 is 1.03 bits per heavy atom. The maximum absolute atomic E-state index is 5.39. The summed E-state index contributed by atoms with van der Waals surface area (Å²) in [5, 5.41) is 0. The molecule has 4 heteroatoms. The van der Waals surface area contributed by atoms with Crippen molar-refractivity contribution in [3.8, 4) is 5.75 Å². The van der Waals surface area contributed by atoms with Crippen molar-refractivity contribution in [3.63, 3.8) is 0 Å². The van der Waals surface area contributed by atoms with E-state index in [9.17, 15) is 0 Å². The van der Waals surface area contributed by atoms with Gasteiger partial charge >= 0.3 is 0 Å². The van der Waals surface area contributed by atoms with E-state index in [2.05, 4.69) is 65.3 Å². The Bertz CT molecular complexity index is 977. The molecule has 31 heavy (non-hydrogen) atoms.